The Balaban J connectivity index is 1.45. The highest BCUT2D eigenvalue weighted by atomic mass is 35.5. The zero-order chi connectivity index (χ0) is 15.8. The van der Waals surface area contributed by atoms with Gasteiger partial charge in [0, 0.05) is 31.9 Å². The van der Waals surface area contributed by atoms with E-state index in [0.29, 0.717) is 23.4 Å². The van der Waals surface area contributed by atoms with Gasteiger partial charge in [-0.15, -0.1) is 10.2 Å². The van der Waals surface area contributed by atoms with Gasteiger partial charge in [-0.3, -0.25) is 9.88 Å². The van der Waals surface area contributed by atoms with Crippen LogP contribution >= 0.6 is 11.6 Å². The first-order valence-electron chi connectivity index (χ1n) is 8.10. The molecule has 1 atom stereocenters. The fraction of sp³-hybridized carbons (Fsp3) is 0.562. The summed E-state index contributed by atoms with van der Waals surface area (Å²) >= 11 is 5.92. The summed E-state index contributed by atoms with van der Waals surface area (Å²) in [6, 6.07) is 2.07. The van der Waals surface area contributed by atoms with Crippen molar-refractivity contribution >= 4 is 11.6 Å². The lowest BCUT2D eigenvalue weighted by molar-refractivity contribution is 0.154. The van der Waals surface area contributed by atoms with Gasteiger partial charge in [-0.05, 0) is 25.7 Å². The first-order valence-corrected chi connectivity index (χ1v) is 8.48. The number of halogens is 1. The number of aromatic nitrogens is 4. The summed E-state index contributed by atoms with van der Waals surface area (Å²) in [6.45, 7) is 5.76. The van der Waals surface area contributed by atoms with Crippen LogP contribution in [0.1, 0.15) is 37.5 Å². The van der Waals surface area contributed by atoms with E-state index in [9.17, 15) is 0 Å². The van der Waals surface area contributed by atoms with E-state index in [1.54, 1.807) is 18.5 Å². The lowest BCUT2D eigenvalue weighted by Crippen LogP contribution is -2.38. The van der Waals surface area contributed by atoms with E-state index < -0.39 is 0 Å². The molecule has 2 aromatic rings. The maximum Gasteiger partial charge on any atom is 0.171 e. The summed E-state index contributed by atoms with van der Waals surface area (Å²) in [5.74, 6) is 3.44. The van der Waals surface area contributed by atoms with Crippen molar-refractivity contribution in [1.29, 1.82) is 0 Å². The molecule has 2 aliphatic rings. The van der Waals surface area contributed by atoms with Crippen molar-refractivity contribution in [1.82, 2.24) is 24.6 Å². The molecular formula is C16H20ClN5O. The summed E-state index contributed by atoms with van der Waals surface area (Å²) < 4.78 is 7.94. The molecule has 3 heterocycles. The van der Waals surface area contributed by atoms with Crippen molar-refractivity contribution in [2.45, 2.75) is 39.0 Å². The van der Waals surface area contributed by atoms with Crippen LogP contribution in [0.25, 0.3) is 0 Å². The van der Waals surface area contributed by atoms with Crippen LogP contribution in [0.3, 0.4) is 0 Å². The lowest BCUT2D eigenvalue weighted by atomic mass is 10.2. The fourth-order valence-corrected chi connectivity index (χ4v) is 3.26. The zero-order valence-corrected chi connectivity index (χ0v) is 13.9. The standard InChI is InChI=1S/C16H20ClN5O/c1-11-16-20-19-15(10-23-14-6-13(17)7-18-8-14)22(16)5-4-21(11)9-12-2-3-12/h6-8,11-12H,2-5,9-10H2,1H3. The van der Waals surface area contributed by atoms with Crippen LogP contribution < -0.4 is 4.74 Å². The Hall–Kier alpha value is -1.66. The molecule has 7 heteroatoms. The molecule has 4 rings (SSSR count). The van der Waals surface area contributed by atoms with Gasteiger partial charge in [0.2, 0.25) is 0 Å². The first-order chi connectivity index (χ1) is 11.2. The molecule has 0 spiro atoms. The van der Waals surface area contributed by atoms with Gasteiger partial charge >= 0.3 is 0 Å². The van der Waals surface area contributed by atoms with Gasteiger partial charge < -0.3 is 9.30 Å². The van der Waals surface area contributed by atoms with E-state index in [1.807, 2.05) is 0 Å². The Kier molecular flexibility index (Phi) is 3.95. The van der Waals surface area contributed by atoms with Crippen molar-refractivity contribution in [3.8, 4) is 5.75 Å². The number of rotatable bonds is 5. The third-order valence-electron chi connectivity index (χ3n) is 4.63. The molecule has 0 bridgehead atoms. The summed E-state index contributed by atoms with van der Waals surface area (Å²) in [7, 11) is 0. The minimum Gasteiger partial charge on any atom is -0.484 e. The van der Waals surface area contributed by atoms with Crippen molar-refractivity contribution in [2.75, 3.05) is 13.1 Å². The number of pyridine rings is 1. The second kappa shape index (κ2) is 6.09. The summed E-state index contributed by atoms with van der Waals surface area (Å²) in [5, 5.41) is 9.28. The van der Waals surface area contributed by atoms with Crippen molar-refractivity contribution in [3.63, 3.8) is 0 Å². The number of hydrogen-bond acceptors (Lipinski definition) is 5. The monoisotopic (exact) mass is 333 g/mol. The molecule has 0 saturated heterocycles. The lowest BCUT2D eigenvalue weighted by Gasteiger charge is -2.33. The SMILES string of the molecule is CC1c2nnc(COc3cncc(Cl)c3)n2CCN1CC1CC1. The van der Waals surface area contributed by atoms with Crippen LogP contribution in [0.15, 0.2) is 18.5 Å². The number of nitrogens with zero attached hydrogens (tertiary/aromatic N) is 5. The van der Waals surface area contributed by atoms with Gasteiger partial charge in [0.1, 0.15) is 18.2 Å². The first kappa shape index (κ1) is 14.9. The molecule has 1 fully saturated rings. The van der Waals surface area contributed by atoms with E-state index in [0.717, 1.165) is 30.7 Å². The molecule has 6 nitrogen and oxygen atoms in total. The fourth-order valence-electron chi connectivity index (χ4n) is 3.09. The van der Waals surface area contributed by atoms with Gasteiger partial charge in [0.25, 0.3) is 0 Å². The smallest absolute Gasteiger partial charge is 0.171 e. The zero-order valence-electron chi connectivity index (χ0n) is 13.2. The third-order valence-corrected chi connectivity index (χ3v) is 4.83. The highest BCUT2D eigenvalue weighted by molar-refractivity contribution is 6.30. The summed E-state index contributed by atoms with van der Waals surface area (Å²) in [5.41, 5.74) is 0. The molecular weight excluding hydrogens is 314 g/mol. The molecule has 23 heavy (non-hydrogen) atoms. The summed E-state index contributed by atoms with van der Waals surface area (Å²) in [6.07, 6.45) is 5.99. The minimum absolute atomic E-state index is 0.318. The van der Waals surface area contributed by atoms with E-state index in [2.05, 4.69) is 31.6 Å². The Bertz CT molecular complexity index is 700. The van der Waals surface area contributed by atoms with E-state index in [4.69, 9.17) is 16.3 Å². The molecule has 1 aliphatic heterocycles. The molecule has 122 valence electrons. The normalized spacial score (nSPS) is 21.2. The predicted molar refractivity (Wildman–Crippen MR) is 86.3 cm³/mol. The average Bonchev–Trinajstić information content (AvgIpc) is 3.26. The average molecular weight is 334 g/mol. The minimum atomic E-state index is 0.318. The van der Waals surface area contributed by atoms with Crippen LogP contribution in [0.2, 0.25) is 5.02 Å². The molecule has 0 N–H and O–H groups in total. The Morgan fingerprint density at radius 2 is 2.13 bits per heavy atom. The molecule has 1 unspecified atom stereocenters. The number of hydrogen-bond donors (Lipinski definition) is 0. The molecule has 0 radical (unpaired) electrons. The van der Waals surface area contributed by atoms with Crippen molar-refractivity contribution in [2.24, 2.45) is 5.92 Å². The molecule has 0 aromatic carbocycles. The van der Waals surface area contributed by atoms with E-state index in [1.165, 1.54) is 19.4 Å². The molecule has 1 aliphatic carbocycles. The molecule has 2 aromatic heterocycles. The van der Waals surface area contributed by atoms with Gasteiger partial charge in [0.15, 0.2) is 5.82 Å². The number of fused-ring (bicyclic) bond motifs is 1. The van der Waals surface area contributed by atoms with Gasteiger partial charge in [-0.25, -0.2) is 0 Å². The van der Waals surface area contributed by atoms with Crippen molar-refractivity contribution in [3.05, 3.63) is 35.1 Å². The molecule has 1 saturated carbocycles. The van der Waals surface area contributed by atoms with E-state index >= 15 is 0 Å². The third kappa shape index (κ3) is 3.19. The van der Waals surface area contributed by atoms with Gasteiger partial charge in [-0.2, -0.15) is 0 Å². The van der Waals surface area contributed by atoms with Crippen LogP contribution in [0, 0.1) is 5.92 Å². The van der Waals surface area contributed by atoms with Gasteiger partial charge in [0.05, 0.1) is 17.3 Å². The second-order valence-electron chi connectivity index (χ2n) is 6.37. The van der Waals surface area contributed by atoms with Crippen LogP contribution in [-0.4, -0.2) is 37.7 Å². The highest BCUT2D eigenvalue weighted by Gasteiger charge is 2.32. The van der Waals surface area contributed by atoms with Crippen molar-refractivity contribution < 1.29 is 4.74 Å². The Morgan fingerprint density at radius 1 is 1.26 bits per heavy atom. The maximum absolute atomic E-state index is 5.92. The van der Waals surface area contributed by atoms with Gasteiger partial charge in [-0.1, -0.05) is 11.6 Å². The maximum atomic E-state index is 5.92. The second-order valence-corrected chi connectivity index (χ2v) is 6.80. The molecule has 0 amide bonds. The van der Waals surface area contributed by atoms with Crippen LogP contribution in [0.4, 0.5) is 0 Å². The van der Waals surface area contributed by atoms with Crippen LogP contribution in [0.5, 0.6) is 5.75 Å². The van der Waals surface area contributed by atoms with E-state index in [-0.39, 0.29) is 0 Å². The summed E-state index contributed by atoms with van der Waals surface area (Å²) in [4.78, 5) is 6.54. The van der Waals surface area contributed by atoms with Crippen LogP contribution in [-0.2, 0) is 13.2 Å². The topological polar surface area (TPSA) is 56.1 Å². The quantitative estimate of drug-likeness (QED) is 0.842. The highest BCUT2D eigenvalue weighted by Crippen LogP contribution is 2.34. The largest absolute Gasteiger partial charge is 0.484 e. The Morgan fingerprint density at radius 3 is 2.91 bits per heavy atom. The number of ether oxygens (including phenoxy) is 1. The Labute approximate surface area is 140 Å². The predicted octanol–water partition coefficient (Wildman–Crippen LogP) is 2.69.